The van der Waals surface area contributed by atoms with Gasteiger partial charge in [0.25, 0.3) is 10.0 Å². The Labute approximate surface area is 160 Å². The number of nitrogens with one attached hydrogen (secondary N) is 2. The normalized spacial score (nSPS) is 12.0. The standard InChI is InChI=1S/C18H23N3O3S.ClH/c1-3-4-17(19)18(22)20-14-7-9-15(10-8-14)21-25(23,24)16-11-5-13(2)6-12-16;/h5-12,17,21H,3-4,19H2,1-2H3,(H,20,22);1H. The number of hydrogen-bond acceptors (Lipinski definition) is 4. The van der Waals surface area contributed by atoms with Crippen molar-refractivity contribution in [2.45, 2.75) is 37.6 Å². The molecule has 0 spiro atoms. The van der Waals surface area contributed by atoms with Crippen LogP contribution in [-0.2, 0) is 14.8 Å². The van der Waals surface area contributed by atoms with Crippen molar-refractivity contribution in [1.82, 2.24) is 0 Å². The van der Waals surface area contributed by atoms with Crippen LogP contribution in [0.5, 0.6) is 0 Å². The lowest BCUT2D eigenvalue weighted by Gasteiger charge is -2.12. The summed E-state index contributed by atoms with van der Waals surface area (Å²) in [7, 11) is -3.64. The van der Waals surface area contributed by atoms with E-state index in [1.54, 1.807) is 48.5 Å². The summed E-state index contributed by atoms with van der Waals surface area (Å²) in [6.07, 6.45) is 1.44. The summed E-state index contributed by atoms with van der Waals surface area (Å²) in [6.45, 7) is 3.85. The molecule has 0 aromatic heterocycles. The fraction of sp³-hybridized carbons (Fsp3) is 0.278. The van der Waals surface area contributed by atoms with Crippen LogP contribution in [0.1, 0.15) is 25.3 Å². The summed E-state index contributed by atoms with van der Waals surface area (Å²) in [5, 5.41) is 2.71. The first-order valence-corrected chi connectivity index (χ1v) is 9.56. The number of anilines is 2. The van der Waals surface area contributed by atoms with Gasteiger partial charge >= 0.3 is 0 Å². The van der Waals surface area contributed by atoms with Gasteiger partial charge in [-0.2, -0.15) is 0 Å². The maximum absolute atomic E-state index is 12.3. The molecule has 2 aromatic rings. The molecule has 0 bridgehead atoms. The molecule has 0 heterocycles. The Balaban J connectivity index is 0.00000338. The van der Waals surface area contributed by atoms with E-state index >= 15 is 0 Å². The number of hydrogen-bond donors (Lipinski definition) is 3. The molecule has 0 aliphatic heterocycles. The summed E-state index contributed by atoms with van der Waals surface area (Å²) < 4.78 is 27.2. The number of aryl methyl sites for hydroxylation is 1. The molecular weight excluding hydrogens is 374 g/mol. The number of halogens is 1. The molecule has 0 radical (unpaired) electrons. The zero-order chi connectivity index (χ0) is 18.4. The monoisotopic (exact) mass is 397 g/mol. The summed E-state index contributed by atoms with van der Waals surface area (Å²) in [5.41, 5.74) is 7.72. The average molecular weight is 398 g/mol. The van der Waals surface area contributed by atoms with Gasteiger partial charge < -0.3 is 11.1 Å². The Kier molecular flexibility index (Phi) is 8.08. The lowest BCUT2D eigenvalue weighted by Crippen LogP contribution is -2.35. The molecule has 2 rings (SSSR count). The molecule has 142 valence electrons. The number of carbonyl (C=O) groups is 1. The second-order valence-corrected chi connectivity index (χ2v) is 7.56. The first kappa shape index (κ1) is 22.0. The van der Waals surface area contributed by atoms with Crippen molar-refractivity contribution in [1.29, 1.82) is 0 Å². The second-order valence-electron chi connectivity index (χ2n) is 5.88. The van der Waals surface area contributed by atoms with E-state index in [0.717, 1.165) is 12.0 Å². The molecule has 6 nitrogen and oxygen atoms in total. The van der Waals surface area contributed by atoms with Gasteiger partial charge in [0.05, 0.1) is 10.9 Å². The Morgan fingerprint density at radius 2 is 1.58 bits per heavy atom. The van der Waals surface area contributed by atoms with Gasteiger partial charge in [-0.15, -0.1) is 12.4 Å². The summed E-state index contributed by atoms with van der Waals surface area (Å²) in [5.74, 6) is -0.255. The summed E-state index contributed by atoms with van der Waals surface area (Å²) >= 11 is 0. The minimum absolute atomic E-state index is 0. The molecule has 1 unspecified atom stereocenters. The zero-order valence-corrected chi connectivity index (χ0v) is 16.4. The van der Waals surface area contributed by atoms with Crippen molar-refractivity contribution < 1.29 is 13.2 Å². The molecule has 4 N–H and O–H groups in total. The Morgan fingerprint density at radius 3 is 2.12 bits per heavy atom. The highest BCUT2D eigenvalue weighted by Gasteiger charge is 2.15. The third-order valence-electron chi connectivity index (χ3n) is 3.67. The predicted octanol–water partition coefficient (Wildman–Crippen LogP) is 3.28. The smallest absolute Gasteiger partial charge is 0.261 e. The van der Waals surface area contributed by atoms with Crippen LogP contribution in [0, 0.1) is 6.92 Å². The molecule has 2 aromatic carbocycles. The third kappa shape index (κ3) is 6.01. The van der Waals surface area contributed by atoms with Gasteiger partial charge in [0.15, 0.2) is 0 Å². The maximum atomic E-state index is 12.3. The van der Waals surface area contributed by atoms with Crippen molar-refractivity contribution in [2.75, 3.05) is 10.0 Å². The van der Waals surface area contributed by atoms with Gasteiger partial charge in [-0.05, 0) is 49.7 Å². The molecule has 8 heteroatoms. The Hall–Kier alpha value is -2.09. The van der Waals surface area contributed by atoms with E-state index < -0.39 is 16.1 Å². The molecule has 0 saturated carbocycles. The van der Waals surface area contributed by atoms with Gasteiger partial charge in [0.1, 0.15) is 0 Å². The van der Waals surface area contributed by atoms with E-state index in [1.807, 2.05) is 13.8 Å². The average Bonchev–Trinajstić information content (AvgIpc) is 2.57. The van der Waals surface area contributed by atoms with Gasteiger partial charge in [0, 0.05) is 11.4 Å². The van der Waals surface area contributed by atoms with Crippen molar-refractivity contribution in [2.24, 2.45) is 5.73 Å². The lowest BCUT2D eigenvalue weighted by atomic mass is 10.1. The predicted molar refractivity (Wildman–Crippen MR) is 107 cm³/mol. The largest absolute Gasteiger partial charge is 0.325 e. The molecule has 1 amide bonds. The van der Waals surface area contributed by atoms with Crippen molar-refractivity contribution in [3.8, 4) is 0 Å². The Morgan fingerprint density at radius 1 is 1.04 bits per heavy atom. The van der Waals surface area contributed by atoms with Crippen LogP contribution < -0.4 is 15.8 Å². The third-order valence-corrected chi connectivity index (χ3v) is 5.07. The number of amides is 1. The van der Waals surface area contributed by atoms with Crippen molar-refractivity contribution >= 4 is 39.7 Å². The van der Waals surface area contributed by atoms with Crippen LogP contribution in [-0.4, -0.2) is 20.4 Å². The van der Waals surface area contributed by atoms with Gasteiger partial charge in [-0.1, -0.05) is 31.0 Å². The molecule has 1 atom stereocenters. The molecule has 0 aliphatic rings. The van der Waals surface area contributed by atoms with E-state index in [1.165, 1.54) is 0 Å². The number of rotatable bonds is 7. The summed E-state index contributed by atoms with van der Waals surface area (Å²) in [6, 6.07) is 12.5. The van der Waals surface area contributed by atoms with Crippen LogP contribution in [0.4, 0.5) is 11.4 Å². The Bertz CT molecular complexity index is 822. The highest BCUT2D eigenvalue weighted by atomic mass is 35.5. The van der Waals surface area contributed by atoms with E-state index in [4.69, 9.17) is 5.73 Å². The molecule has 0 aliphatic carbocycles. The van der Waals surface area contributed by atoms with Crippen LogP contribution in [0.15, 0.2) is 53.4 Å². The number of nitrogens with two attached hydrogens (primary N) is 1. The molecule has 0 fully saturated rings. The fourth-order valence-electron chi connectivity index (χ4n) is 2.23. The van der Waals surface area contributed by atoms with E-state index in [0.29, 0.717) is 17.8 Å². The van der Waals surface area contributed by atoms with Crippen LogP contribution in [0.2, 0.25) is 0 Å². The fourth-order valence-corrected chi connectivity index (χ4v) is 3.29. The molecule has 26 heavy (non-hydrogen) atoms. The minimum Gasteiger partial charge on any atom is -0.325 e. The minimum atomic E-state index is -3.64. The lowest BCUT2D eigenvalue weighted by molar-refractivity contribution is -0.117. The van der Waals surface area contributed by atoms with E-state index in [-0.39, 0.29) is 23.2 Å². The molecule has 0 saturated heterocycles. The second kappa shape index (κ2) is 9.56. The van der Waals surface area contributed by atoms with Gasteiger partial charge in [-0.3, -0.25) is 9.52 Å². The first-order valence-electron chi connectivity index (χ1n) is 8.08. The SMILES string of the molecule is CCCC(N)C(=O)Nc1ccc(NS(=O)(=O)c2ccc(C)cc2)cc1.Cl. The summed E-state index contributed by atoms with van der Waals surface area (Å²) in [4.78, 5) is 12.1. The highest BCUT2D eigenvalue weighted by Crippen LogP contribution is 2.19. The van der Waals surface area contributed by atoms with Crippen LogP contribution >= 0.6 is 12.4 Å². The molecular formula is C18H24ClN3O3S. The highest BCUT2D eigenvalue weighted by molar-refractivity contribution is 7.92. The number of sulfonamides is 1. The first-order chi connectivity index (χ1) is 11.8. The number of benzene rings is 2. The van der Waals surface area contributed by atoms with E-state index in [2.05, 4.69) is 10.0 Å². The van der Waals surface area contributed by atoms with Crippen molar-refractivity contribution in [3.63, 3.8) is 0 Å². The van der Waals surface area contributed by atoms with Gasteiger partial charge in [-0.25, -0.2) is 8.42 Å². The van der Waals surface area contributed by atoms with Crippen LogP contribution in [0.25, 0.3) is 0 Å². The quantitative estimate of drug-likeness (QED) is 0.667. The van der Waals surface area contributed by atoms with E-state index in [9.17, 15) is 13.2 Å². The van der Waals surface area contributed by atoms with Gasteiger partial charge in [0.2, 0.25) is 5.91 Å². The zero-order valence-electron chi connectivity index (χ0n) is 14.7. The topological polar surface area (TPSA) is 101 Å². The maximum Gasteiger partial charge on any atom is 0.261 e. The number of carbonyl (C=O) groups excluding carboxylic acids is 1. The van der Waals surface area contributed by atoms with Crippen LogP contribution in [0.3, 0.4) is 0 Å². The van der Waals surface area contributed by atoms with Crippen molar-refractivity contribution in [3.05, 3.63) is 54.1 Å².